The molecular formula is C17H19FO2. The van der Waals surface area contributed by atoms with Crippen molar-refractivity contribution in [3.63, 3.8) is 0 Å². The van der Waals surface area contributed by atoms with Crippen LogP contribution in [-0.4, -0.2) is 5.11 Å². The number of benzene rings is 2. The van der Waals surface area contributed by atoms with Crippen molar-refractivity contribution in [3.05, 3.63) is 64.5 Å². The summed E-state index contributed by atoms with van der Waals surface area (Å²) in [5, 5.41) is 9.67. The maximum absolute atomic E-state index is 13.2. The van der Waals surface area contributed by atoms with Crippen LogP contribution in [0.4, 0.5) is 4.39 Å². The van der Waals surface area contributed by atoms with Crippen molar-refractivity contribution in [2.45, 2.75) is 33.5 Å². The summed E-state index contributed by atoms with van der Waals surface area (Å²) in [6.07, 6.45) is -0.764. The Kier molecular flexibility index (Phi) is 4.40. The standard InChI is InChI=1S/C17H19FO2/c1-11-6-12(2)8-14(7-11)10-20-17-5-4-15(18)9-16(17)13(3)19/h4-9,13,19H,10H2,1-3H3/t13-/m1/s1. The van der Waals surface area contributed by atoms with Crippen LogP contribution in [0.2, 0.25) is 0 Å². The third-order valence-corrected chi connectivity index (χ3v) is 3.10. The third kappa shape index (κ3) is 3.58. The monoisotopic (exact) mass is 274 g/mol. The highest BCUT2D eigenvalue weighted by Crippen LogP contribution is 2.26. The smallest absolute Gasteiger partial charge is 0.125 e. The van der Waals surface area contributed by atoms with Gasteiger partial charge in [0.1, 0.15) is 18.2 Å². The van der Waals surface area contributed by atoms with Crippen LogP contribution < -0.4 is 4.74 Å². The molecule has 0 aliphatic heterocycles. The molecule has 0 fully saturated rings. The van der Waals surface area contributed by atoms with Crippen LogP contribution in [0.1, 0.15) is 35.3 Å². The molecular weight excluding hydrogens is 255 g/mol. The van der Waals surface area contributed by atoms with E-state index in [0.29, 0.717) is 17.9 Å². The predicted octanol–water partition coefficient (Wildman–Crippen LogP) is 4.07. The van der Waals surface area contributed by atoms with E-state index in [4.69, 9.17) is 4.74 Å². The third-order valence-electron chi connectivity index (χ3n) is 3.10. The van der Waals surface area contributed by atoms with Gasteiger partial charge in [0.15, 0.2) is 0 Å². The minimum atomic E-state index is -0.764. The van der Waals surface area contributed by atoms with Crippen molar-refractivity contribution < 1.29 is 14.2 Å². The summed E-state index contributed by atoms with van der Waals surface area (Å²) in [7, 11) is 0. The largest absolute Gasteiger partial charge is 0.489 e. The SMILES string of the molecule is Cc1cc(C)cc(COc2ccc(F)cc2[C@@H](C)O)c1. The Labute approximate surface area is 118 Å². The van der Waals surface area contributed by atoms with Crippen molar-refractivity contribution in [3.8, 4) is 5.75 Å². The van der Waals surface area contributed by atoms with Gasteiger partial charge in [-0.15, -0.1) is 0 Å². The number of aryl methyl sites for hydroxylation is 2. The van der Waals surface area contributed by atoms with Crippen LogP contribution in [0.25, 0.3) is 0 Å². The lowest BCUT2D eigenvalue weighted by atomic mass is 10.1. The topological polar surface area (TPSA) is 29.5 Å². The second-order valence-electron chi connectivity index (χ2n) is 5.14. The molecule has 0 saturated carbocycles. The molecule has 2 rings (SSSR count). The second-order valence-corrected chi connectivity index (χ2v) is 5.14. The Morgan fingerprint density at radius 2 is 1.75 bits per heavy atom. The van der Waals surface area contributed by atoms with Crippen LogP contribution in [0.3, 0.4) is 0 Å². The molecule has 20 heavy (non-hydrogen) atoms. The molecule has 0 saturated heterocycles. The highest BCUT2D eigenvalue weighted by atomic mass is 19.1. The molecule has 0 bridgehead atoms. The molecule has 2 aromatic carbocycles. The van der Waals surface area contributed by atoms with Gasteiger partial charge in [0.25, 0.3) is 0 Å². The summed E-state index contributed by atoms with van der Waals surface area (Å²) in [5.74, 6) is 0.139. The summed E-state index contributed by atoms with van der Waals surface area (Å²) in [6, 6.07) is 10.4. The first-order valence-corrected chi connectivity index (χ1v) is 6.63. The van der Waals surface area contributed by atoms with Gasteiger partial charge in [-0.2, -0.15) is 0 Å². The number of aliphatic hydroxyl groups excluding tert-OH is 1. The number of ether oxygens (including phenoxy) is 1. The van der Waals surface area contributed by atoms with E-state index in [1.54, 1.807) is 13.0 Å². The lowest BCUT2D eigenvalue weighted by Gasteiger charge is -2.14. The minimum absolute atomic E-state index is 0.375. The lowest BCUT2D eigenvalue weighted by molar-refractivity contribution is 0.189. The Balaban J connectivity index is 2.18. The van der Waals surface area contributed by atoms with Crippen molar-refractivity contribution in [1.29, 1.82) is 0 Å². The van der Waals surface area contributed by atoms with Crippen molar-refractivity contribution >= 4 is 0 Å². The molecule has 0 spiro atoms. The number of hydrogen-bond acceptors (Lipinski definition) is 2. The van der Waals surface area contributed by atoms with Crippen LogP contribution in [0.15, 0.2) is 36.4 Å². The number of aliphatic hydroxyl groups is 1. The number of rotatable bonds is 4. The maximum Gasteiger partial charge on any atom is 0.125 e. The molecule has 1 N–H and O–H groups in total. The van der Waals surface area contributed by atoms with Crippen LogP contribution in [0, 0.1) is 19.7 Å². The zero-order valence-corrected chi connectivity index (χ0v) is 12.0. The van der Waals surface area contributed by atoms with E-state index in [1.807, 2.05) is 13.8 Å². The maximum atomic E-state index is 13.2. The Hall–Kier alpha value is -1.87. The van der Waals surface area contributed by atoms with Gasteiger partial charge in [-0.25, -0.2) is 4.39 Å². The van der Waals surface area contributed by atoms with Crippen molar-refractivity contribution in [1.82, 2.24) is 0 Å². The van der Waals surface area contributed by atoms with E-state index in [1.165, 1.54) is 23.3 Å². The summed E-state index contributed by atoms with van der Waals surface area (Å²) in [6.45, 7) is 6.07. The van der Waals surface area contributed by atoms with Crippen molar-refractivity contribution in [2.24, 2.45) is 0 Å². The predicted molar refractivity (Wildman–Crippen MR) is 77.3 cm³/mol. The molecule has 0 amide bonds. The van der Waals surface area contributed by atoms with E-state index in [-0.39, 0.29) is 5.82 Å². The van der Waals surface area contributed by atoms with Gasteiger partial charge < -0.3 is 9.84 Å². The highest BCUT2D eigenvalue weighted by Gasteiger charge is 2.11. The van der Waals surface area contributed by atoms with E-state index in [2.05, 4.69) is 18.2 Å². The minimum Gasteiger partial charge on any atom is -0.489 e. The van der Waals surface area contributed by atoms with E-state index in [0.717, 1.165) is 5.56 Å². The van der Waals surface area contributed by atoms with Crippen LogP contribution in [-0.2, 0) is 6.61 Å². The summed E-state index contributed by atoms with van der Waals surface area (Å²) >= 11 is 0. The summed E-state index contributed by atoms with van der Waals surface area (Å²) in [5.41, 5.74) is 3.88. The second kappa shape index (κ2) is 6.06. The van der Waals surface area contributed by atoms with Gasteiger partial charge in [0.05, 0.1) is 6.10 Å². The van der Waals surface area contributed by atoms with E-state index in [9.17, 15) is 9.50 Å². The number of hydrogen-bond donors (Lipinski definition) is 1. The molecule has 0 aromatic heterocycles. The average Bonchev–Trinajstić information content (AvgIpc) is 2.36. The summed E-state index contributed by atoms with van der Waals surface area (Å²) in [4.78, 5) is 0. The fourth-order valence-electron chi connectivity index (χ4n) is 2.29. The Morgan fingerprint density at radius 3 is 2.35 bits per heavy atom. The fourth-order valence-corrected chi connectivity index (χ4v) is 2.29. The van der Waals surface area contributed by atoms with Gasteiger partial charge in [-0.1, -0.05) is 29.3 Å². The van der Waals surface area contributed by atoms with Crippen molar-refractivity contribution in [2.75, 3.05) is 0 Å². The summed E-state index contributed by atoms with van der Waals surface area (Å²) < 4.78 is 18.9. The zero-order chi connectivity index (χ0) is 14.7. The zero-order valence-electron chi connectivity index (χ0n) is 12.0. The van der Waals surface area contributed by atoms with Gasteiger partial charge in [-0.05, 0) is 44.5 Å². The van der Waals surface area contributed by atoms with Gasteiger partial charge in [0.2, 0.25) is 0 Å². The fraction of sp³-hybridized carbons (Fsp3) is 0.294. The van der Waals surface area contributed by atoms with Gasteiger partial charge in [0, 0.05) is 5.56 Å². The number of halogens is 1. The van der Waals surface area contributed by atoms with Crippen LogP contribution >= 0.6 is 0 Å². The molecule has 106 valence electrons. The van der Waals surface area contributed by atoms with Crippen LogP contribution in [0.5, 0.6) is 5.75 Å². The lowest BCUT2D eigenvalue weighted by Crippen LogP contribution is -2.02. The Morgan fingerprint density at radius 1 is 1.10 bits per heavy atom. The van der Waals surface area contributed by atoms with Gasteiger partial charge >= 0.3 is 0 Å². The molecule has 2 aromatic rings. The molecule has 0 radical (unpaired) electrons. The van der Waals surface area contributed by atoms with E-state index < -0.39 is 6.10 Å². The normalized spacial score (nSPS) is 12.2. The molecule has 1 atom stereocenters. The molecule has 2 nitrogen and oxygen atoms in total. The highest BCUT2D eigenvalue weighted by molar-refractivity contribution is 5.36. The molecule has 0 aliphatic carbocycles. The molecule has 3 heteroatoms. The molecule has 0 heterocycles. The molecule has 0 aliphatic rings. The Bertz CT molecular complexity index is 586. The molecule has 0 unspecified atom stereocenters. The van der Waals surface area contributed by atoms with Gasteiger partial charge in [-0.3, -0.25) is 0 Å². The quantitative estimate of drug-likeness (QED) is 0.910. The average molecular weight is 274 g/mol. The first-order chi connectivity index (χ1) is 9.45. The first kappa shape index (κ1) is 14.5. The van der Waals surface area contributed by atoms with E-state index >= 15 is 0 Å². The first-order valence-electron chi connectivity index (χ1n) is 6.63.